The molecule has 6 heteroatoms. The quantitative estimate of drug-likeness (QED) is 0.440. The Hall–Kier alpha value is -2.83. The molecule has 0 radical (unpaired) electrons. The van der Waals surface area contributed by atoms with Crippen molar-refractivity contribution in [2.75, 3.05) is 0 Å². The van der Waals surface area contributed by atoms with Gasteiger partial charge >= 0.3 is 0 Å². The number of rotatable bonds is 3. The molecule has 120 valence electrons. The predicted molar refractivity (Wildman–Crippen MR) is 103 cm³/mol. The summed E-state index contributed by atoms with van der Waals surface area (Å²) in [4.78, 5) is 2.18. The zero-order valence-electron chi connectivity index (χ0n) is 13.0. The van der Waals surface area contributed by atoms with Gasteiger partial charge in [0.15, 0.2) is 0 Å². The van der Waals surface area contributed by atoms with Gasteiger partial charge in [0, 0.05) is 6.20 Å². The lowest BCUT2D eigenvalue weighted by molar-refractivity contribution is 0.895. The molecule has 0 saturated heterocycles. The fourth-order valence-electron chi connectivity index (χ4n) is 2.81. The number of para-hydroxylation sites is 1. The fraction of sp³-hybridized carbons (Fsp3) is 0. The summed E-state index contributed by atoms with van der Waals surface area (Å²) in [6.45, 7) is 0. The molecule has 0 amide bonds. The summed E-state index contributed by atoms with van der Waals surface area (Å²) in [5.41, 5.74) is 3.62. The molecule has 4 heterocycles. The second kappa shape index (κ2) is 5.91. The van der Waals surface area contributed by atoms with Crippen molar-refractivity contribution in [3.8, 4) is 26.8 Å². The molecule has 25 heavy (non-hydrogen) atoms. The average Bonchev–Trinajstić information content (AvgIpc) is 3.42. The van der Waals surface area contributed by atoms with E-state index in [-0.39, 0.29) is 0 Å². The lowest BCUT2D eigenvalue weighted by Gasteiger charge is -2.01. The van der Waals surface area contributed by atoms with Crippen LogP contribution in [0.5, 0.6) is 0 Å². The molecule has 0 aliphatic heterocycles. The van der Waals surface area contributed by atoms with E-state index in [4.69, 9.17) is 5.10 Å². The standard InChI is InChI=1S/C19H12N4S2/c1-2-6-13(7-3-1)23-12-14-17(15-8-4-10-24-15)20-21-19(18(14)22-23)16-9-5-11-25-16/h1-12H. The Kier molecular flexibility index (Phi) is 3.43. The number of thiophene rings is 2. The third-order valence-corrected chi connectivity index (χ3v) is 5.73. The summed E-state index contributed by atoms with van der Waals surface area (Å²) >= 11 is 3.31. The van der Waals surface area contributed by atoms with Gasteiger partial charge < -0.3 is 0 Å². The summed E-state index contributed by atoms with van der Waals surface area (Å²) in [5, 5.41) is 19.0. The smallest absolute Gasteiger partial charge is 0.131 e. The van der Waals surface area contributed by atoms with E-state index in [2.05, 4.69) is 27.7 Å². The molecule has 4 aromatic heterocycles. The van der Waals surface area contributed by atoms with E-state index < -0.39 is 0 Å². The van der Waals surface area contributed by atoms with Gasteiger partial charge in [0.05, 0.1) is 20.8 Å². The Bertz CT molecular complexity index is 1060. The summed E-state index contributed by atoms with van der Waals surface area (Å²) in [7, 11) is 0. The van der Waals surface area contributed by atoms with Gasteiger partial charge in [0.2, 0.25) is 0 Å². The number of hydrogen-bond acceptors (Lipinski definition) is 5. The number of hydrogen-bond donors (Lipinski definition) is 0. The predicted octanol–water partition coefficient (Wildman–Crippen LogP) is 5.27. The van der Waals surface area contributed by atoms with Gasteiger partial charge in [-0.15, -0.1) is 32.9 Å². The first-order chi connectivity index (χ1) is 12.4. The van der Waals surface area contributed by atoms with Crippen molar-refractivity contribution >= 4 is 33.6 Å². The zero-order chi connectivity index (χ0) is 16.6. The van der Waals surface area contributed by atoms with Crippen LogP contribution in [-0.4, -0.2) is 20.0 Å². The first-order valence-electron chi connectivity index (χ1n) is 7.79. The topological polar surface area (TPSA) is 43.6 Å². The van der Waals surface area contributed by atoms with Gasteiger partial charge in [-0.05, 0) is 35.0 Å². The highest BCUT2D eigenvalue weighted by Crippen LogP contribution is 2.35. The Morgan fingerprint density at radius 2 is 1.40 bits per heavy atom. The Morgan fingerprint density at radius 1 is 0.720 bits per heavy atom. The van der Waals surface area contributed by atoms with Crippen LogP contribution in [-0.2, 0) is 0 Å². The molecule has 0 saturated carbocycles. The van der Waals surface area contributed by atoms with Crippen LogP contribution in [0.2, 0.25) is 0 Å². The highest BCUT2D eigenvalue weighted by molar-refractivity contribution is 7.14. The SMILES string of the molecule is c1ccc(-n2cc3c(-c4cccs4)nnc(-c4cccs4)c3n2)cc1. The second-order valence-electron chi connectivity index (χ2n) is 5.52. The number of nitrogens with zero attached hydrogens (tertiary/aromatic N) is 4. The minimum atomic E-state index is 0.833. The lowest BCUT2D eigenvalue weighted by atomic mass is 10.2. The Labute approximate surface area is 152 Å². The highest BCUT2D eigenvalue weighted by Gasteiger charge is 2.17. The van der Waals surface area contributed by atoms with Crippen molar-refractivity contribution in [2.45, 2.75) is 0 Å². The molecule has 0 fully saturated rings. The van der Waals surface area contributed by atoms with Crippen molar-refractivity contribution < 1.29 is 0 Å². The van der Waals surface area contributed by atoms with Crippen LogP contribution in [0, 0.1) is 0 Å². The molecule has 1 aromatic carbocycles. The summed E-state index contributed by atoms with van der Waals surface area (Å²) in [6, 6.07) is 18.3. The molecule has 4 nitrogen and oxygen atoms in total. The van der Waals surface area contributed by atoms with E-state index in [1.807, 2.05) is 58.7 Å². The summed E-state index contributed by atoms with van der Waals surface area (Å²) in [5.74, 6) is 0. The highest BCUT2D eigenvalue weighted by atomic mass is 32.1. The van der Waals surface area contributed by atoms with Crippen LogP contribution in [0.15, 0.2) is 71.6 Å². The minimum Gasteiger partial charge on any atom is -0.240 e. The Morgan fingerprint density at radius 3 is 2.08 bits per heavy atom. The van der Waals surface area contributed by atoms with Crippen LogP contribution < -0.4 is 0 Å². The van der Waals surface area contributed by atoms with Crippen LogP contribution in [0.1, 0.15) is 0 Å². The first-order valence-corrected chi connectivity index (χ1v) is 9.55. The first kappa shape index (κ1) is 14.5. The third-order valence-electron chi connectivity index (χ3n) is 3.97. The van der Waals surface area contributed by atoms with Crippen LogP contribution >= 0.6 is 22.7 Å². The van der Waals surface area contributed by atoms with E-state index in [1.54, 1.807) is 22.7 Å². The van der Waals surface area contributed by atoms with Gasteiger partial charge in [-0.1, -0.05) is 30.3 Å². The van der Waals surface area contributed by atoms with Crippen molar-refractivity contribution in [3.05, 3.63) is 71.6 Å². The summed E-state index contributed by atoms with van der Waals surface area (Å²) < 4.78 is 1.90. The molecule has 0 bridgehead atoms. The molecule has 5 aromatic rings. The monoisotopic (exact) mass is 360 g/mol. The van der Waals surface area contributed by atoms with Crippen molar-refractivity contribution in [2.24, 2.45) is 0 Å². The minimum absolute atomic E-state index is 0.833. The molecular weight excluding hydrogens is 348 g/mol. The largest absolute Gasteiger partial charge is 0.240 e. The van der Waals surface area contributed by atoms with Crippen molar-refractivity contribution in [3.63, 3.8) is 0 Å². The van der Waals surface area contributed by atoms with E-state index in [1.165, 1.54) is 0 Å². The van der Waals surface area contributed by atoms with Gasteiger partial charge in [-0.3, -0.25) is 0 Å². The van der Waals surface area contributed by atoms with E-state index in [9.17, 15) is 0 Å². The molecule has 0 N–H and O–H groups in total. The lowest BCUT2D eigenvalue weighted by Crippen LogP contribution is -1.94. The van der Waals surface area contributed by atoms with Gasteiger partial charge in [0.1, 0.15) is 16.9 Å². The number of fused-ring (bicyclic) bond motifs is 1. The normalized spacial score (nSPS) is 11.2. The molecule has 0 atom stereocenters. The average molecular weight is 360 g/mol. The van der Waals surface area contributed by atoms with Crippen LogP contribution in [0.25, 0.3) is 37.7 Å². The maximum absolute atomic E-state index is 4.83. The number of aromatic nitrogens is 4. The Balaban J connectivity index is 1.81. The molecular formula is C19H12N4S2. The maximum atomic E-state index is 4.83. The maximum Gasteiger partial charge on any atom is 0.131 e. The van der Waals surface area contributed by atoms with Crippen LogP contribution in [0.4, 0.5) is 0 Å². The van der Waals surface area contributed by atoms with E-state index in [0.29, 0.717) is 0 Å². The second-order valence-corrected chi connectivity index (χ2v) is 7.42. The van der Waals surface area contributed by atoms with E-state index >= 15 is 0 Å². The summed E-state index contributed by atoms with van der Waals surface area (Å²) in [6.07, 6.45) is 2.05. The van der Waals surface area contributed by atoms with Crippen molar-refractivity contribution in [1.82, 2.24) is 20.0 Å². The molecule has 0 unspecified atom stereocenters. The molecule has 0 aliphatic carbocycles. The van der Waals surface area contributed by atoms with E-state index in [0.717, 1.165) is 37.7 Å². The molecule has 0 spiro atoms. The van der Waals surface area contributed by atoms with Gasteiger partial charge in [0.25, 0.3) is 0 Å². The number of benzene rings is 1. The van der Waals surface area contributed by atoms with Gasteiger partial charge in [-0.2, -0.15) is 5.10 Å². The molecule has 5 rings (SSSR count). The van der Waals surface area contributed by atoms with Crippen LogP contribution in [0.3, 0.4) is 0 Å². The molecule has 0 aliphatic rings. The zero-order valence-corrected chi connectivity index (χ0v) is 14.7. The fourth-order valence-corrected chi connectivity index (χ4v) is 4.24. The third kappa shape index (κ3) is 2.47. The van der Waals surface area contributed by atoms with Crippen molar-refractivity contribution in [1.29, 1.82) is 0 Å². The van der Waals surface area contributed by atoms with Gasteiger partial charge in [-0.25, -0.2) is 4.68 Å².